The van der Waals surface area contributed by atoms with Gasteiger partial charge >= 0.3 is 0 Å². The Morgan fingerprint density at radius 3 is 2.06 bits per heavy atom. The van der Waals surface area contributed by atoms with Crippen molar-refractivity contribution in [2.24, 2.45) is 23.2 Å². The minimum atomic E-state index is 0.535. The summed E-state index contributed by atoms with van der Waals surface area (Å²) in [4.78, 5) is 11.9. The van der Waals surface area contributed by atoms with Crippen LogP contribution in [0.25, 0.3) is 0 Å². The van der Waals surface area contributed by atoms with Gasteiger partial charge in [-0.05, 0) is 74.5 Å². The average molecular weight is 248 g/mol. The van der Waals surface area contributed by atoms with E-state index in [1.54, 1.807) is 0 Å². The number of ketones is 1. The van der Waals surface area contributed by atoms with Gasteiger partial charge in [-0.3, -0.25) is 4.79 Å². The molecule has 1 heteroatoms. The standard InChI is InChI=1S/C17H28O/c1-2-3-4-16(18)5-6-17-10-13-7-14(11-17)9-15(8-13)12-17/h13-15H,2-12H2,1H3. The lowest BCUT2D eigenvalue weighted by Gasteiger charge is -2.57. The summed E-state index contributed by atoms with van der Waals surface area (Å²) >= 11 is 0. The molecule has 0 aromatic carbocycles. The maximum Gasteiger partial charge on any atom is 0.132 e. The molecule has 0 N–H and O–H groups in total. The Kier molecular flexibility index (Phi) is 3.51. The van der Waals surface area contributed by atoms with Gasteiger partial charge in [-0.15, -0.1) is 0 Å². The van der Waals surface area contributed by atoms with Gasteiger partial charge in [0.25, 0.3) is 0 Å². The summed E-state index contributed by atoms with van der Waals surface area (Å²) in [6, 6.07) is 0. The molecule has 18 heavy (non-hydrogen) atoms. The van der Waals surface area contributed by atoms with Crippen LogP contribution in [0.3, 0.4) is 0 Å². The molecule has 4 fully saturated rings. The molecule has 4 saturated carbocycles. The van der Waals surface area contributed by atoms with Crippen LogP contribution in [0.4, 0.5) is 0 Å². The summed E-state index contributed by atoms with van der Waals surface area (Å²) in [6.07, 6.45) is 14.1. The Balaban J connectivity index is 1.54. The van der Waals surface area contributed by atoms with Gasteiger partial charge in [0, 0.05) is 12.8 Å². The summed E-state index contributed by atoms with van der Waals surface area (Å²) in [5.41, 5.74) is 0.608. The topological polar surface area (TPSA) is 17.1 Å². The van der Waals surface area contributed by atoms with E-state index in [2.05, 4.69) is 6.92 Å². The molecule has 4 aliphatic carbocycles. The van der Waals surface area contributed by atoms with Crippen molar-refractivity contribution < 1.29 is 4.79 Å². The van der Waals surface area contributed by atoms with Crippen LogP contribution in [0.2, 0.25) is 0 Å². The quantitative estimate of drug-likeness (QED) is 0.663. The summed E-state index contributed by atoms with van der Waals surface area (Å²) < 4.78 is 0. The van der Waals surface area contributed by atoms with E-state index in [1.165, 1.54) is 44.9 Å². The predicted molar refractivity (Wildman–Crippen MR) is 74.4 cm³/mol. The Morgan fingerprint density at radius 1 is 1.00 bits per heavy atom. The van der Waals surface area contributed by atoms with Crippen LogP contribution in [0.5, 0.6) is 0 Å². The van der Waals surface area contributed by atoms with Crippen LogP contribution in [-0.2, 0) is 4.79 Å². The van der Waals surface area contributed by atoms with Crippen molar-refractivity contribution in [1.29, 1.82) is 0 Å². The lowest BCUT2D eigenvalue weighted by molar-refractivity contribution is -0.121. The SMILES string of the molecule is CCCCC(=O)CCC12CC3CC(CC(C3)C1)C2. The highest BCUT2D eigenvalue weighted by atomic mass is 16.1. The Morgan fingerprint density at radius 2 is 1.56 bits per heavy atom. The highest BCUT2D eigenvalue weighted by Gasteiger charge is 2.50. The number of hydrogen-bond donors (Lipinski definition) is 0. The molecule has 4 rings (SSSR count). The molecule has 4 bridgehead atoms. The Labute approximate surface area is 112 Å². The van der Waals surface area contributed by atoms with E-state index in [0.29, 0.717) is 11.2 Å². The van der Waals surface area contributed by atoms with Crippen LogP contribution in [0.15, 0.2) is 0 Å². The normalized spacial score (nSPS) is 41.3. The minimum Gasteiger partial charge on any atom is -0.300 e. The van der Waals surface area contributed by atoms with Gasteiger partial charge in [0.2, 0.25) is 0 Å². The summed E-state index contributed by atoms with van der Waals surface area (Å²) in [5.74, 6) is 3.62. The Hall–Kier alpha value is -0.330. The van der Waals surface area contributed by atoms with Crippen molar-refractivity contribution in [3.63, 3.8) is 0 Å². The van der Waals surface area contributed by atoms with Crippen molar-refractivity contribution in [3.8, 4) is 0 Å². The number of carbonyl (C=O) groups excluding carboxylic acids is 1. The fraction of sp³-hybridized carbons (Fsp3) is 0.941. The van der Waals surface area contributed by atoms with Gasteiger partial charge in [0.15, 0.2) is 0 Å². The molecule has 0 unspecified atom stereocenters. The van der Waals surface area contributed by atoms with Crippen LogP contribution in [0, 0.1) is 23.2 Å². The first-order chi connectivity index (χ1) is 8.69. The zero-order valence-corrected chi connectivity index (χ0v) is 11.9. The van der Waals surface area contributed by atoms with Gasteiger partial charge in [0.05, 0.1) is 0 Å². The molecule has 0 aliphatic heterocycles. The molecular formula is C17H28O. The van der Waals surface area contributed by atoms with Crippen molar-refractivity contribution in [1.82, 2.24) is 0 Å². The molecule has 0 heterocycles. The number of unbranched alkanes of at least 4 members (excludes halogenated alkanes) is 1. The summed E-state index contributed by atoms with van der Waals surface area (Å²) in [5, 5.41) is 0. The zero-order chi connectivity index (χ0) is 12.6. The van der Waals surface area contributed by atoms with Crippen molar-refractivity contribution >= 4 is 5.78 Å². The van der Waals surface area contributed by atoms with Crippen LogP contribution >= 0.6 is 0 Å². The number of rotatable bonds is 6. The van der Waals surface area contributed by atoms with E-state index in [0.717, 1.165) is 43.4 Å². The van der Waals surface area contributed by atoms with E-state index >= 15 is 0 Å². The summed E-state index contributed by atoms with van der Waals surface area (Å²) in [7, 11) is 0. The third-order valence-electron chi connectivity index (χ3n) is 5.91. The van der Waals surface area contributed by atoms with Gasteiger partial charge in [-0.2, -0.15) is 0 Å². The van der Waals surface area contributed by atoms with Crippen molar-refractivity contribution in [2.75, 3.05) is 0 Å². The average Bonchev–Trinajstić information content (AvgIpc) is 2.32. The molecule has 0 radical (unpaired) electrons. The van der Waals surface area contributed by atoms with E-state index in [-0.39, 0.29) is 0 Å². The second-order valence-electron chi connectivity index (χ2n) is 7.56. The molecule has 0 aromatic rings. The molecule has 102 valence electrons. The van der Waals surface area contributed by atoms with Gasteiger partial charge in [-0.1, -0.05) is 13.3 Å². The van der Waals surface area contributed by atoms with Crippen molar-refractivity contribution in [3.05, 3.63) is 0 Å². The molecule has 0 spiro atoms. The minimum absolute atomic E-state index is 0.535. The lowest BCUT2D eigenvalue weighted by Crippen LogP contribution is -2.46. The fourth-order valence-electron chi connectivity index (χ4n) is 5.50. The Bertz CT molecular complexity index is 282. The third-order valence-corrected chi connectivity index (χ3v) is 5.91. The molecule has 1 nitrogen and oxygen atoms in total. The molecule has 0 atom stereocenters. The fourth-order valence-corrected chi connectivity index (χ4v) is 5.50. The predicted octanol–water partition coefficient (Wildman–Crippen LogP) is 4.74. The number of carbonyl (C=O) groups is 1. The smallest absolute Gasteiger partial charge is 0.132 e. The molecular weight excluding hydrogens is 220 g/mol. The first kappa shape index (κ1) is 12.7. The molecule has 4 aliphatic rings. The highest BCUT2D eigenvalue weighted by molar-refractivity contribution is 5.78. The first-order valence-corrected chi connectivity index (χ1v) is 8.21. The van der Waals surface area contributed by atoms with Crippen LogP contribution in [0.1, 0.15) is 77.6 Å². The van der Waals surface area contributed by atoms with Crippen LogP contribution in [-0.4, -0.2) is 5.78 Å². The number of hydrogen-bond acceptors (Lipinski definition) is 1. The molecule has 0 amide bonds. The van der Waals surface area contributed by atoms with Gasteiger partial charge in [0.1, 0.15) is 5.78 Å². The van der Waals surface area contributed by atoms with E-state index in [1.807, 2.05) is 0 Å². The first-order valence-electron chi connectivity index (χ1n) is 8.21. The monoisotopic (exact) mass is 248 g/mol. The third kappa shape index (κ3) is 2.51. The second-order valence-corrected chi connectivity index (χ2v) is 7.56. The largest absolute Gasteiger partial charge is 0.300 e. The van der Waals surface area contributed by atoms with Crippen molar-refractivity contribution in [2.45, 2.75) is 77.6 Å². The highest BCUT2D eigenvalue weighted by Crippen LogP contribution is 2.61. The number of Topliss-reactive ketones (excluding diaryl/α,β-unsaturated/α-hetero) is 1. The summed E-state index contributed by atoms with van der Waals surface area (Å²) in [6.45, 7) is 2.17. The lowest BCUT2D eigenvalue weighted by atomic mass is 9.48. The van der Waals surface area contributed by atoms with Gasteiger partial charge in [-0.25, -0.2) is 0 Å². The second kappa shape index (κ2) is 4.98. The zero-order valence-electron chi connectivity index (χ0n) is 11.9. The van der Waals surface area contributed by atoms with E-state index in [4.69, 9.17) is 0 Å². The van der Waals surface area contributed by atoms with Gasteiger partial charge < -0.3 is 0 Å². The maximum absolute atomic E-state index is 11.9. The van der Waals surface area contributed by atoms with Crippen LogP contribution < -0.4 is 0 Å². The maximum atomic E-state index is 11.9. The van der Waals surface area contributed by atoms with E-state index in [9.17, 15) is 4.79 Å². The van der Waals surface area contributed by atoms with E-state index < -0.39 is 0 Å². The molecule has 0 aromatic heterocycles. The molecule has 0 saturated heterocycles.